The van der Waals surface area contributed by atoms with E-state index in [1.54, 1.807) is 19.9 Å². The summed E-state index contributed by atoms with van der Waals surface area (Å²) in [6.45, 7) is 4.08. The first kappa shape index (κ1) is 15.6. The van der Waals surface area contributed by atoms with Gasteiger partial charge in [0.15, 0.2) is 0 Å². The Morgan fingerprint density at radius 3 is 2.33 bits per heavy atom. The zero-order valence-electron chi connectivity index (χ0n) is 12.6. The van der Waals surface area contributed by atoms with Crippen LogP contribution >= 0.6 is 0 Å². The Hall–Kier alpha value is -1.78. The Balaban J connectivity index is 2.28. The average Bonchev–Trinajstić information content (AvgIpc) is 2.49. The summed E-state index contributed by atoms with van der Waals surface area (Å²) >= 11 is 0. The van der Waals surface area contributed by atoms with Gasteiger partial charge in [-0.15, -0.1) is 0 Å². The Labute approximate surface area is 124 Å². The maximum Gasteiger partial charge on any atom is 0.341 e. The van der Waals surface area contributed by atoms with E-state index in [9.17, 15) is 9.59 Å². The lowest BCUT2D eigenvalue weighted by atomic mass is 9.77. The second kappa shape index (κ2) is 6.78. The van der Waals surface area contributed by atoms with Crippen LogP contribution in [0, 0.1) is 0 Å². The molecule has 0 N–H and O–H groups in total. The fourth-order valence-electron chi connectivity index (χ4n) is 2.85. The second-order valence-corrected chi connectivity index (χ2v) is 5.24. The van der Waals surface area contributed by atoms with Crippen LogP contribution in [-0.4, -0.2) is 30.8 Å². The monoisotopic (exact) mass is 294 g/mol. The van der Waals surface area contributed by atoms with Gasteiger partial charge in [0.2, 0.25) is 0 Å². The highest BCUT2D eigenvalue weighted by Crippen LogP contribution is 2.41. The van der Waals surface area contributed by atoms with Gasteiger partial charge in [-0.25, -0.2) is 9.59 Å². The lowest BCUT2D eigenvalue weighted by Gasteiger charge is -2.39. The normalized spacial score (nSPS) is 20.1. The minimum absolute atomic E-state index is 0.260. The molecule has 2 aliphatic rings. The van der Waals surface area contributed by atoms with E-state index in [-0.39, 0.29) is 12.2 Å². The van der Waals surface area contributed by atoms with Gasteiger partial charge >= 0.3 is 11.9 Å². The van der Waals surface area contributed by atoms with Crippen LogP contribution in [0.25, 0.3) is 0 Å². The summed E-state index contributed by atoms with van der Waals surface area (Å²) in [6.07, 6.45) is 7.67. The molecule has 5 heteroatoms. The van der Waals surface area contributed by atoms with E-state index in [2.05, 4.69) is 0 Å². The van der Waals surface area contributed by atoms with Crippen molar-refractivity contribution >= 4 is 11.9 Å². The smallest absolute Gasteiger partial charge is 0.341 e. The number of carbonyl (C=O) groups excluding carboxylic acids is 2. The van der Waals surface area contributed by atoms with Crippen molar-refractivity contribution in [3.63, 3.8) is 0 Å². The van der Waals surface area contributed by atoms with E-state index in [1.807, 2.05) is 0 Å². The first-order valence-electron chi connectivity index (χ1n) is 7.57. The maximum absolute atomic E-state index is 12.2. The van der Waals surface area contributed by atoms with Crippen molar-refractivity contribution in [2.45, 2.75) is 51.6 Å². The number of carbonyl (C=O) groups is 2. The SMILES string of the molecule is CCOC(=O)C1=COC2(CCCCC2)C(C(=O)OCC)=C1. The van der Waals surface area contributed by atoms with E-state index in [0.29, 0.717) is 12.2 Å². The lowest BCUT2D eigenvalue weighted by Crippen LogP contribution is -2.41. The Morgan fingerprint density at radius 2 is 1.71 bits per heavy atom. The van der Waals surface area contributed by atoms with E-state index >= 15 is 0 Å². The van der Waals surface area contributed by atoms with Crippen LogP contribution in [-0.2, 0) is 23.8 Å². The maximum atomic E-state index is 12.2. The first-order valence-corrected chi connectivity index (χ1v) is 7.57. The van der Waals surface area contributed by atoms with Crippen LogP contribution < -0.4 is 0 Å². The molecule has 0 saturated heterocycles. The minimum atomic E-state index is -0.638. The summed E-state index contributed by atoms with van der Waals surface area (Å²) in [5, 5.41) is 0. The molecule has 116 valence electrons. The van der Waals surface area contributed by atoms with Gasteiger partial charge in [0.1, 0.15) is 5.60 Å². The van der Waals surface area contributed by atoms with Crippen LogP contribution in [0.15, 0.2) is 23.5 Å². The molecular weight excluding hydrogens is 272 g/mol. The lowest BCUT2D eigenvalue weighted by molar-refractivity contribution is -0.142. The van der Waals surface area contributed by atoms with Gasteiger partial charge in [0.05, 0.1) is 30.6 Å². The van der Waals surface area contributed by atoms with Gasteiger partial charge in [-0.1, -0.05) is 6.42 Å². The Morgan fingerprint density at radius 1 is 1.10 bits per heavy atom. The van der Waals surface area contributed by atoms with Crippen molar-refractivity contribution in [1.82, 2.24) is 0 Å². The molecule has 0 aromatic carbocycles. The van der Waals surface area contributed by atoms with Crippen LogP contribution in [0.4, 0.5) is 0 Å². The van der Waals surface area contributed by atoms with Gasteiger partial charge in [-0.3, -0.25) is 0 Å². The van der Waals surface area contributed by atoms with Crippen molar-refractivity contribution in [2.75, 3.05) is 13.2 Å². The van der Waals surface area contributed by atoms with Crippen molar-refractivity contribution < 1.29 is 23.8 Å². The molecule has 0 bridgehead atoms. The van der Waals surface area contributed by atoms with E-state index in [4.69, 9.17) is 14.2 Å². The van der Waals surface area contributed by atoms with Crippen molar-refractivity contribution in [3.05, 3.63) is 23.5 Å². The minimum Gasteiger partial charge on any atom is -0.489 e. The molecule has 0 aromatic rings. The summed E-state index contributed by atoms with van der Waals surface area (Å²) in [5.41, 5.74) is 0.0613. The highest BCUT2D eigenvalue weighted by molar-refractivity contribution is 5.98. The molecule has 0 amide bonds. The van der Waals surface area contributed by atoms with Crippen LogP contribution in [0.1, 0.15) is 46.0 Å². The number of hydrogen-bond acceptors (Lipinski definition) is 5. The second-order valence-electron chi connectivity index (χ2n) is 5.24. The number of ether oxygens (including phenoxy) is 3. The van der Waals surface area contributed by atoms with Crippen molar-refractivity contribution in [3.8, 4) is 0 Å². The summed E-state index contributed by atoms with van der Waals surface area (Å²) in [4.78, 5) is 24.1. The molecule has 1 fully saturated rings. The number of hydrogen-bond donors (Lipinski definition) is 0. The van der Waals surface area contributed by atoms with Crippen LogP contribution in [0.5, 0.6) is 0 Å². The molecule has 21 heavy (non-hydrogen) atoms. The number of rotatable bonds is 4. The molecule has 1 saturated carbocycles. The highest BCUT2D eigenvalue weighted by Gasteiger charge is 2.44. The first-order chi connectivity index (χ1) is 10.1. The molecule has 2 rings (SSSR count). The molecule has 0 radical (unpaired) electrons. The summed E-state index contributed by atoms with van der Waals surface area (Å²) in [7, 11) is 0. The van der Waals surface area contributed by atoms with Gasteiger partial charge in [-0.2, -0.15) is 0 Å². The molecule has 5 nitrogen and oxygen atoms in total. The van der Waals surface area contributed by atoms with Crippen molar-refractivity contribution in [2.24, 2.45) is 0 Å². The average molecular weight is 294 g/mol. The summed E-state index contributed by atoms with van der Waals surface area (Å²) < 4.78 is 15.9. The number of esters is 2. The van der Waals surface area contributed by atoms with Gasteiger partial charge in [0.25, 0.3) is 0 Å². The molecule has 1 aliphatic heterocycles. The van der Waals surface area contributed by atoms with E-state index in [0.717, 1.165) is 32.1 Å². The van der Waals surface area contributed by atoms with Gasteiger partial charge in [-0.05, 0) is 45.6 Å². The molecule has 0 unspecified atom stereocenters. The fraction of sp³-hybridized carbons (Fsp3) is 0.625. The summed E-state index contributed by atoms with van der Waals surface area (Å²) in [6, 6.07) is 0. The zero-order chi connectivity index (χ0) is 15.3. The predicted molar refractivity (Wildman–Crippen MR) is 76.3 cm³/mol. The molecule has 1 aliphatic carbocycles. The van der Waals surface area contributed by atoms with Crippen LogP contribution in [0.2, 0.25) is 0 Å². The van der Waals surface area contributed by atoms with E-state index < -0.39 is 17.5 Å². The topological polar surface area (TPSA) is 61.8 Å². The van der Waals surface area contributed by atoms with E-state index in [1.165, 1.54) is 6.26 Å². The standard InChI is InChI=1S/C16H22O5/c1-3-19-14(17)12-10-13(15(18)20-4-2)16(21-11-12)8-6-5-7-9-16/h10-11H,3-9H2,1-2H3. The molecule has 1 heterocycles. The third-order valence-corrected chi connectivity index (χ3v) is 3.87. The van der Waals surface area contributed by atoms with Crippen LogP contribution in [0.3, 0.4) is 0 Å². The molecule has 1 spiro atoms. The largest absolute Gasteiger partial charge is 0.489 e. The summed E-state index contributed by atoms with van der Waals surface area (Å²) in [5.74, 6) is -0.890. The highest BCUT2D eigenvalue weighted by atomic mass is 16.5. The van der Waals surface area contributed by atoms with Gasteiger partial charge < -0.3 is 14.2 Å². The zero-order valence-corrected chi connectivity index (χ0v) is 12.6. The molecule has 0 atom stereocenters. The third kappa shape index (κ3) is 3.28. The third-order valence-electron chi connectivity index (χ3n) is 3.87. The molecule has 0 aromatic heterocycles. The Kier molecular flexibility index (Phi) is 5.04. The Bertz CT molecular complexity index is 469. The quantitative estimate of drug-likeness (QED) is 0.746. The fourth-order valence-corrected chi connectivity index (χ4v) is 2.85. The van der Waals surface area contributed by atoms with Gasteiger partial charge in [0, 0.05) is 0 Å². The van der Waals surface area contributed by atoms with Crippen molar-refractivity contribution in [1.29, 1.82) is 0 Å². The molecular formula is C16H22O5. The predicted octanol–water partition coefficient (Wildman–Crippen LogP) is 2.66.